The molecule has 1 aliphatic heterocycles. The first-order valence-corrected chi connectivity index (χ1v) is 10.9. The molecule has 2 aromatic carbocycles. The van der Waals surface area contributed by atoms with E-state index in [1.807, 2.05) is 73.6 Å². The summed E-state index contributed by atoms with van der Waals surface area (Å²) in [5.74, 6) is 0.102. The topological polar surface area (TPSA) is 70.1 Å². The van der Waals surface area contributed by atoms with Gasteiger partial charge >= 0.3 is 0 Å². The van der Waals surface area contributed by atoms with Crippen molar-refractivity contribution in [3.63, 3.8) is 0 Å². The van der Waals surface area contributed by atoms with Crippen molar-refractivity contribution in [1.82, 2.24) is 9.80 Å². The molecule has 0 fully saturated rings. The summed E-state index contributed by atoms with van der Waals surface area (Å²) in [6.45, 7) is 6.59. The number of rotatable bonds is 8. The molecule has 32 heavy (non-hydrogen) atoms. The number of Topliss-reactive ketones (excluding diaryl/α,β-unsaturated/α-hetero) is 1. The molecule has 1 unspecified atom stereocenters. The number of benzene rings is 2. The lowest BCUT2D eigenvalue weighted by atomic mass is 9.82. The minimum Gasteiger partial charge on any atom is -0.503 e. The fourth-order valence-corrected chi connectivity index (χ4v) is 3.80. The molecule has 0 saturated heterocycles. The Kier molecular flexibility index (Phi) is 7.04. The monoisotopic (exact) mass is 436 g/mol. The van der Waals surface area contributed by atoms with Crippen molar-refractivity contribution in [2.75, 3.05) is 27.2 Å². The SMILES string of the molecule is CN(C)CCCN1C(=O)C(O)=C(C(=O)C(C)(C)C)C1c1cccc(Oc2ccccc2)c1. The molecule has 0 saturated carbocycles. The van der Waals surface area contributed by atoms with Gasteiger partial charge in [-0.2, -0.15) is 0 Å². The molecule has 1 aliphatic rings. The third-order valence-electron chi connectivity index (χ3n) is 5.39. The van der Waals surface area contributed by atoms with Crippen LogP contribution < -0.4 is 4.74 Å². The number of carbonyl (C=O) groups excluding carboxylic acids is 2. The van der Waals surface area contributed by atoms with Crippen LogP contribution >= 0.6 is 0 Å². The molecule has 1 atom stereocenters. The van der Waals surface area contributed by atoms with Gasteiger partial charge in [0.2, 0.25) is 0 Å². The largest absolute Gasteiger partial charge is 0.503 e. The first-order valence-electron chi connectivity index (χ1n) is 10.9. The molecule has 3 rings (SSSR count). The van der Waals surface area contributed by atoms with E-state index < -0.39 is 23.1 Å². The highest BCUT2D eigenvalue weighted by Crippen LogP contribution is 2.41. The van der Waals surface area contributed by atoms with Crippen molar-refractivity contribution in [3.8, 4) is 11.5 Å². The minimum absolute atomic E-state index is 0.157. The molecule has 1 N–H and O–H groups in total. The van der Waals surface area contributed by atoms with Crippen molar-refractivity contribution >= 4 is 11.7 Å². The Morgan fingerprint density at radius 1 is 1.06 bits per heavy atom. The van der Waals surface area contributed by atoms with E-state index in [1.54, 1.807) is 25.7 Å². The molecule has 0 bridgehead atoms. The number of aliphatic hydroxyl groups is 1. The zero-order valence-electron chi connectivity index (χ0n) is 19.5. The van der Waals surface area contributed by atoms with E-state index in [2.05, 4.69) is 0 Å². The van der Waals surface area contributed by atoms with Gasteiger partial charge in [-0.15, -0.1) is 0 Å². The van der Waals surface area contributed by atoms with Crippen LogP contribution in [0, 0.1) is 5.41 Å². The molecule has 6 heteroatoms. The highest BCUT2D eigenvalue weighted by molar-refractivity contribution is 6.10. The average Bonchev–Trinajstić information content (AvgIpc) is 2.98. The Morgan fingerprint density at radius 2 is 1.72 bits per heavy atom. The molecule has 6 nitrogen and oxygen atoms in total. The third-order valence-corrected chi connectivity index (χ3v) is 5.39. The Morgan fingerprint density at radius 3 is 2.34 bits per heavy atom. The van der Waals surface area contributed by atoms with E-state index >= 15 is 0 Å². The Labute approximate surface area is 190 Å². The summed E-state index contributed by atoms with van der Waals surface area (Å²) in [5.41, 5.74) is 0.150. The van der Waals surface area contributed by atoms with Gasteiger partial charge in [0.05, 0.1) is 11.6 Å². The number of ketones is 1. The minimum atomic E-state index is -0.736. The molecule has 1 amide bonds. The predicted molar refractivity (Wildman–Crippen MR) is 125 cm³/mol. The van der Waals surface area contributed by atoms with E-state index in [0.717, 1.165) is 18.5 Å². The molecular formula is C26H32N2O4. The zero-order valence-corrected chi connectivity index (χ0v) is 19.5. The predicted octanol–water partition coefficient (Wildman–Crippen LogP) is 4.74. The summed E-state index contributed by atoms with van der Waals surface area (Å²) in [4.78, 5) is 29.9. The number of carbonyl (C=O) groups is 2. The summed E-state index contributed by atoms with van der Waals surface area (Å²) in [6.07, 6.45) is 0.722. The summed E-state index contributed by atoms with van der Waals surface area (Å²) in [5, 5.41) is 10.7. The number of amides is 1. The quantitative estimate of drug-likeness (QED) is 0.647. The van der Waals surface area contributed by atoms with E-state index in [9.17, 15) is 14.7 Å². The smallest absolute Gasteiger partial charge is 0.290 e. The van der Waals surface area contributed by atoms with Crippen molar-refractivity contribution in [3.05, 3.63) is 71.5 Å². The maximum atomic E-state index is 13.3. The molecule has 0 spiro atoms. The van der Waals surface area contributed by atoms with Gasteiger partial charge in [-0.05, 0) is 56.9 Å². The van der Waals surface area contributed by atoms with Gasteiger partial charge < -0.3 is 19.6 Å². The highest BCUT2D eigenvalue weighted by Gasteiger charge is 2.45. The lowest BCUT2D eigenvalue weighted by molar-refractivity contribution is -0.129. The van der Waals surface area contributed by atoms with Crippen LogP contribution in [0.2, 0.25) is 0 Å². The molecular weight excluding hydrogens is 404 g/mol. The number of hydrogen-bond donors (Lipinski definition) is 1. The second-order valence-corrected chi connectivity index (χ2v) is 9.39. The molecule has 0 radical (unpaired) electrons. The van der Waals surface area contributed by atoms with E-state index in [-0.39, 0.29) is 11.4 Å². The van der Waals surface area contributed by atoms with Gasteiger partial charge in [-0.1, -0.05) is 51.1 Å². The molecule has 2 aromatic rings. The van der Waals surface area contributed by atoms with Crippen LogP contribution in [0.1, 0.15) is 38.8 Å². The summed E-state index contributed by atoms with van der Waals surface area (Å²) >= 11 is 0. The van der Waals surface area contributed by atoms with E-state index in [1.165, 1.54) is 0 Å². The van der Waals surface area contributed by atoms with E-state index in [0.29, 0.717) is 18.0 Å². The van der Waals surface area contributed by atoms with Gasteiger partial charge in [0.15, 0.2) is 11.5 Å². The Bertz CT molecular complexity index is 1010. The van der Waals surface area contributed by atoms with Crippen LogP contribution in [0.3, 0.4) is 0 Å². The Hall–Kier alpha value is -3.12. The summed E-state index contributed by atoms with van der Waals surface area (Å²) in [7, 11) is 3.94. The number of para-hydroxylation sites is 1. The molecule has 170 valence electrons. The molecule has 0 aliphatic carbocycles. The van der Waals surface area contributed by atoms with Crippen molar-refractivity contribution in [1.29, 1.82) is 0 Å². The van der Waals surface area contributed by atoms with Crippen LogP contribution in [0.15, 0.2) is 65.9 Å². The van der Waals surface area contributed by atoms with Gasteiger partial charge in [-0.25, -0.2) is 0 Å². The second kappa shape index (κ2) is 9.57. The lowest BCUT2D eigenvalue weighted by Gasteiger charge is -2.29. The number of aliphatic hydroxyl groups excluding tert-OH is 1. The Balaban J connectivity index is 2.00. The van der Waals surface area contributed by atoms with Crippen LogP contribution in [0.25, 0.3) is 0 Å². The fraction of sp³-hybridized carbons (Fsp3) is 0.385. The lowest BCUT2D eigenvalue weighted by Crippen LogP contribution is -2.34. The normalized spacial score (nSPS) is 16.8. The van der Waals surface area contributed by atoms with Gasteiger partial charge in [0.25, 0.3) is 5.91 Å². The first kappa shape index (κ1) is 23.5. The van der Waals surface area contributed by atoms with Gasteiger partial charge in [0, 0.05) is 12.0 Å². The van der Waals surface area contributed by atoms with Crippen LogP contribution in [-0.2, 0) is 9.59 Å². The van der Waals surface area contributed by atoms with Crippen LogP contribution in [0.4, 0.5) is 0 Å². The van der Waals surface area contributed by atoms with Crippen molar-refractivity contribution in [2.24, 2.45) is 5.41 Å². The van der Waals surface area contributed by atoms with Gasteiger partial charge in [0.1, 0.15) is 11.5 Å². The molecule has 0 aromatic heterocycles. The average molecular weight is 437 g/mol. The van der Waals surface area contributed by atoms with Crippen molar-refractivity contribution in [2.45, 2.75) is 33.2 Å². The maximum Gasteiger partial charge on any atom is 0.290 e. The summed E-state index contributed by atoms with van der Waals surface area (Å²) in [6, 6.07) is 16.1. The van der Waals surface area contributed by atoms with Gasteiger partial charge in [-0.3, -0.25) is 9.59 Å². The van der Waals surface area contributed by atoms with E-state index in [4.69, 9.17) is 4.74 Å². The summed E-state index contributed by atoms with van der Waals surface area (Å²) < 4.78 is 5.97. The van der Waals surface area contributed by atoms with Crippen molar-refractivity contribution < 1.29 is 19.4 Å². The first-order chi connectivity index (χ1) is 15.1. The number of nitrogens with zero attached hydrogens (tertiary/aromatic N) is 2. The van der Waals surface area contributed by atoms with Crippen LogP contribution in [0.5, 0.6) is 11.5 Å². The maximum absolute atomic E-state index is 13.3. The third kappa shape index (κ3) is 5.19. The molecule has 1 heterocycles. The van der Waals surface area contributed by atoms with Crippen LogP contribution in [-0.4, -0.2) is 53.8 Å². The highest BCUT2D eigenvalue weighted by atomic mass is 16.5. The fourth-order valence-electron chi connectivity index (χ4n) is 3.80. The number of ether oxygens (including phenoxy) is 1. The number of hydrogen-bond acceptors (Lipinski definition) is 5. The zero-order chi connectivity index (χ0) is 23.5. The second-order valence-electron chi connectivity index (χ2n) is 9.39. The standard InChI is InChI=1S/C26H32N2O4/c1-26(2,3)24(30)21-22(28(25(31)23(21)29)16-10-15-27(4)5)18-11-9-14-20(17-18)32-19-12-7-6-8-13-19/h6-9,11-14,17,22,29H,10,15-16H2,1-5H3.